The van der Waals surface area contributed by atoms with E-state index < -0.39 is 15.9 Å². The third kappa shape index (κ3) is 5.11. The van der Waals surface area contributed by atoms with Crippen molar-refractivity contribution in [2.24, 2.45) is 0 Å². The van der Waals surface area contributed by atoms with Crippen LogP contribution in [-0.2, 0) is 21.4 Å². The first kappa shape index (κ1) is 17.0. The molecule has 1 amide bonds. The van der Waals surface area contributed by atoms with E-state index in [1.807, 2.05) is 0 Å². The molecule has 124 valence electrons. The lowest BCUT2D eigenvalue weighted by Crippen LogP contribution is -2.19. The van der Waals surface area contributed by atoms with Crippen LogP contribution in [0.5, 0.6) is 5.75 Å². The SMILES string of the molecule is COc1ccc(Cl)cc1NC(=O)Cn1cc(NS(C)(=O)=O)nn1. The number of anilines is 2. The van der Waals surface area contributed by atoms with Crippen molar-refractivity contribution in [3.63, 3.8) is 0 Å². The minimum atomic E-state index is -3.45. The lowest BCUT2D eigenvalue weighted by Gasteiger charge is -2.10. The number of carbonyl (C=O) groups excluding carboxylic acids is 1. The van der Waals surface area contributed by atoms with E-state index in [0.717, 1.165) is 6.26 Å². The topological polar surface area (TPSA) is 115 Å². The van der Waals surface area contributed by atoms with Gasteiger partial charge in [0.15, 0.2) is 5.82 Å². The lowest BCUT2D eigenvalue weighted by molar-refractivity contribution is -0.116. The van der Waals surface area contributed by atoms with Gasteiger partial charge >= 0.3 is 0 Å². The van der Waals surface area contributed by atoms with Gasteiger partial charge in [-0.05, 0) is 18.2 Å². The Hall–Kier alpha value is -2.33. The maximum absolute atomic E-state index is 12.0. The highest BCUT2D eigenvalue weighted by molar-refractivity contribution is 7.92. The first-order valence-electron chi connectivity index (χ1n) is 6.28. The van der Waals surface area contributed by atoms with Crippen LogP contribution in [0.1, 0.15) is 0 Å². The molecule has 9 nitrogen and oxygen atoms in total. The number of nitrogens with one attached hydrogen (secondary N) is 2. The number of hydrogen-bond acceptors (Lipinski definition) is 6. The number of halogens is 1. The Morgan fingerprint density at radius 3 is 2.83 bits per heavy atom. The van der Waals surface area contributed by atoms with Crippen LogP contribution in [0.25, 0.3) is 0 Å². The number of methoxy groups -OCH3 is 1. The van der Waals surface area contributed by atoms with E-state index in [9.17, 15) is 13.2 Å². The van der Waals surface area contributed by atoms with Gasteiger partial charge in [-0.3, -0.25) is 9.52 Å². The van der Waals surface area contributed by atoms with Crippen molar-refractivity contribution in [2.45, 2.75) is 6.54 Å². The molecule has 2 rings (SSSR count). The maximum Gasteiger partial charge on any atom is 0.246 e. The number of aromatic nitrogens is 3. The summed E-state index contributed by atoms with van der Waals surface area (Å²) in [6.07, 6.45) is 2.29. The number of ether oxygens (including phenoxy) is 1. The van der Waals surface area contributed by atoms with E-state index in [1.54, 1.807) is 18.2 Å². The normalized spacial score (nSPS) is 11.1. The molecule has 1 aromatic heterocycles. The van der Waals surface area contributed by atoms with Crippen LogP contribution in [0.2, 0.25) is 5.02 Å². The third-order valence-electron chi connectivity index (χ3n) is 2.57. The Bertz CT molecular complexity index is 821. The van der Waals surface area contributed by atoms with Crippen LogP contribution in [0, 0.1) is 0 Å². The van der Waals surface area contributed by atoms with Crippen molar-refractivity contribution in [1.82, 2.24) is 15.0 Å². The van der Waals surface area contributed by atoms with Gasteiger partial charge in [0.1, 0.15) is 12.3 Å². The molecule has 0 bridgehead atoms. The Morgan fingerprint density at radius 1 is 1.43 bits per heavy atom. The monoisotopic (exact) mass is 359 g/mol. The summed E-state index contributed by atoms with van der Waals surface area (Å²) in [5, 5.41) is 10.3. The Kier molecular flexibility index (Phi) is 5.06. The number of sulfonamides is 1. The van der Waals surface area contributed by atoms with Crippen LogP contribution < -0.4 is 14.8 Å². The van der Waals surface area contributed by atoms with Crippen molar-refractivity contribution in [3.8, 4) is 5.75 Å². The van der Waals surface area contributed by atoms with E-state index in [0.29, 0.717) is 16.5 Å². The van der Waals surface area contributed by atoms with Crippen molar-refractivity contribution in [1.29, 1.82) is 0 Å². The molecule has 0 aliphatic heterocycles. The first-order valence-corrected chi connectivity index (χ1v) is 8.55. The fourth-order valence-corrected chi connectivity index (χ4v) is 2.37. The fraction of sp³-hybridized carbons (Fsp3) is 0.250. The van der Waals surface area contributed by atoms with Crippen LogP contribution in [0.4, 0.5) is 11.5 Å². The van der Waals surface area contributed by atoms with E-state index >= 15 is 0 Å². The molecule has 23 heavy (non-hydrogen) atoms. The first-order chi connectivity index (χ1) is 10.8. The van der Waals surface area contributed by atoms with E-state index in [-0.39, 0.29) is 12.4 Å². The van der Waals surface area contributed by atoms with E-state index in [1.165, 1.54) is 18.0 Å². The molecule has 0 fully saturated rings. The zero-order valence-corrected chi connectivity index (χ0v) is 13.8. The highest BCUT2D eigenvalue weighted by atomic mass is 35.5. The van der Waals surface area contributed by atoms with Crippen LogP contribution in [0.15, 0.2) is 24.4 Å². The molecule has 0 spiro atoms. The molecule has 0 unspecified atom stereocenters. The Balaban J connectivity index is 2.04. The standard InChI is InChI=1S/C12H14ClN5O4S/c1-22-10-4-3-8(13)5-9(10)14-12(19)7-18-6-11(15-17-18)16-23(2,20)21/h3-6,16H,7H2,1-2H3,(H,14,19). The molecule has 0 saturated carbocycles. The van der Waals surface area contributed by atoms with Gasteiger partial charge in [-0.15, -0.1) is 5.10 Å². The second kappa shape index (κ2) is 6.84. The van der Waals surface area contributed by atoms with Crippen LogP contribution in [-0.4, -0.2) is 42.7 Å². The van der Waals surface area contributed by atoms with Crippen molar-refractivity contribution >= 4 is 39.0 Å². The average molecular weight is 360 g/mol. The number of hydrogen-bond donors (Lipinski definition) is 2. The van der Waals surface area contributed by atoms with Gasteiger partial charge in [-0.1, -0.05) is 16.8 Å². The second-order valence-corrected chi connectivity index (χ2v) is 6.75. The predicted molar refractivity (Wildman–Crippen MR) is 85.1 cm³/mol. The van der Waals surface area contributed by atoms with Crippen LogP contribution >= 0.6 is 11.6 Å². The molecule has 0 saturated heterocycles. The quantitative estimate of drug-likeness (QED) is 0.793. The molecular weight excluding hydrogens is 346 g/mol. The Labute approximate surface area is 137 Å². The molecule has 0 atom stereocenters. The van der Waals surface area contributed by atoms with Crippen molar-refractivity contribution in [3.05, 3.63) is 29.4 Å². The lowest BCUT2D eigenvalue weighted by atomic mass is 10.3. The number of amides is 1. The molecule has 0 aliphatic carbocycles. The summed E-state index contributed by atoms with van der Waals surface area (Å²) >= 11 is 5.88. The summed E-state index contributed by atoms with van der Waals surface area (Å²) in [5.41, 5.74) is 0.416. The highest BCUT2D eigenvalue weighted by Crippen LogP contribution is 2.27. The molecule has 2 N–H and O–H groups in total. The molecule has 0 aliphatic rings. The van der Waals surface area contributed by atoms with Gasteiger partial charge in [0.25, 0.3) is 0 Å². The summed E-state index contributed by atoms with van der Waals surface area (Å²) in [6.45, 7) is -0.159. The second-order valence-electron chi connectivity index (χ2n) is 4.57. The number of nitrogens with zero attached hydrogens (tertiary/aromatic N) is 3. The molecule has 2 aromatic rings. The molecular formula is C12H14ClN5O4S. The number of rotatable bonds is 6. The van der Waals surface area contributed by atoms with Gasteiger partial charge in [-0.2, -0.15) is 0 Å². The summed E-state index contributed by atoms with van der Waals surface area (Å²) in [7, 11) is -1.98. The highest BCUT2D eigenvalue weighted by Gasteiger charge is 2.11. The van der Waals surface area contributed by atoms with Gasteiger partial charge < -0.3 is 10.1 Å². The molecule has 0 radical (unpaired) electrons. The van der Waals surface area contributed by atoms with Crippen LogP contribution in [0.3, 0.4) is 0 Å². The van der Waals surface area contributed by atoms with Gasteiger partial charge in [0.2, 0.25) is 15.9 Å². The van der Waals surface area contributed by atoms with E-state index in [4.69, 9.17) is 16.3 Å². The summed E-state index contributed by atoms with van der Waals surface area (Å²) in [5.74, 6) is 0.0859. The largest absolute Gasteiger partial charge is 0.495 e. The summed E-state index contributed by atoms with van der Waals surface area (Å²) in [4.78, 5) is 12.0. The van der Waals surface area contributed by atoms with Crippen molar-refractivity contribution < 1.29 is 17.9 Å². The number of carbonyl (C=O) groups is 1. The Morgan fingerprint density at radius 2 is 2.17 bits per heavy atom. The van der Waals surface area contributed by atoms with Gasteiger partial charge in [0, 0.05) is 5.02 Å². The minimum Gasteiger partial charge on any atom is -0.495 e. The maximum atomic E-state index is 12.0. The zero-order chi connectivity index (χ0) is 17.0. The van der Waals surface area contributed by atoms with E-state index in [2.05, 4.69) is 20.4 Å². The summed E-state index contributed by atoms with van der Waals surface area (Å²) in [6, 6.07) is 4.81. The number of benzene rings is 1. The molecule has 1 heterocycles. The molecule has 11 heteroatoms. The third-order valence-corrected chi connectivity index (χ3v) is 3.38. The van der Waals surface area contributed by atoms with Crippen molar-refractivity contribution in [2.75, 3.05) is 23.4 Å². The smallest absolute Gasteiger partial charge is 0.246 e. The minimum absolute atomic E-state index is 0.0284. The zero-order valence-electron chi connectivity index (χ0n) is 12.3. The van der Waals surface area contributed by atoms with Gasteiger partial charge in [-0.25, -0.2) is 13.1 Å². The molecule has 1 aromatic carbocycles. The average Bonchev–Trinajstić information content (AvgIpc) is 2.83. The van der Waals surface area contributed by atoms with Gasteiger partial charge in [0.05, 0.1) is 25.2 Å². The fourth-order valence-electron chi connectivity index (χ4n) is 1.73. The summed E-state index contributed by atoms with van der Waals surface area (Å²) < 4.78 is 30.6. The predicted octanol–water partition coefficient (Wildman–Crippen LogP) is 0.950.